The zero-order valence-corrected chi connectivity index (χ0v) is 13.3. The number of amides is 1. The molecule has 2 aromatic rings. The SMILES string of the molecule is Cc1cc(=O)oc2cc(OC(C)C(=O)NCC(C)C)ccc12. The minimum Gasteiger partial charge on any atom is -0.481 e. The molecular formula is C17H21NO4. The van der Waals surface area contributed by atoms with Gasteiger partial charge in [-0.15, -0.1) is 0 Å². The predicted molar refractivity (Wildman–Crippen MR) is 85.2 cm³/mol. The van der Waals surface area contributed by atoms with Crippen molar-refractivity contribution in [2.24, 2.45) is 5.92 Å². The first-order chi connectivity index (χ1) is 10.4. The van der Waals surface area contributed by atoms with Gasteiger partial charge in [0.2, 0.25) is 0 Å². The van der Waals surface area contributed by atoms with Crippen molar-refractivity contribution in [1.29, 1.82) is 0 Å². The van der Waals surface area contributed by atoms with E-state index in [9.17, 15) is 9.59 Å². The molecule has 1 unspecified atom stereocenters. The van der Waals surface area contributed by atoms with Crippen molar-refractivity contribution >= 4 is 16.9 Å². The lowest BCUT2D eigenvalue weighted by Gasteiger charge is -2.16. The van der Waals surface area contributed by atoms with Crippen LogP contribution in [0, 0.1) is 12.8 Å². The molecule has 1 atom stereocenters. The van der Waals surface area contributed by atoms with Crippen LogP contribution < -0.4 is 15.7 Å². The normalized spacial score (nSPS) is 12.4. The molecular weight excluding hydrogens is 282 g/mol. The zero-order valence-electron chi connectivity index (χ0n) is 13.3. The summed E-state index contributed by atoms with van der Waals surface area (Å²) in [4.78, 5) is 23.3. The topological polar surface area (TPSA) is 68.5 Å². The molecule has 5 heteroatoms. The highest BCUT2D eigenvalue weighted by Crippen LogP contribution is 2.22. The van der Waals surface area contributed by atoms with Crippen LogP contribution in [0.4, 0.5) is 0 Å². The largest absolute Gasteiger partial charge is 0.481 e. The quantitative estimate of drug-likeness (QED) is 0.862. The van der Waals surface area contributed by atoms with E-state index in [1.807, 2.05) is 26.8 Å². The Kier molecular flexibility index (Phi) is 4.85. The summed E-state index contributed by atoms with van der Waals surface area (Å²) in [5.74, 6) is 0.710. The van der Waals surface area contributed by atoms with E-state index in [4.69, 9.17) is 9.15 Å². The van der Waals surface area contributed by atoms with E-state index in [0.29, 0.717) is 23.8 Å². The number of rotatable bonds is 5. The maximum absolute atomic E-state index is 11.9. The van der Waals surface area contributed by atoms with Gasteiger partial charge in [-0.1, -0.05) is 13.8 Å². The van der Waals surface area contributed by atoms with Crippen LogP contribution in [0.5, 0.6) is 5.75 Å². The molecule has 1 heterocycles. The summed E-state index contributed by atoms with van der Waals surface area (Å²) in [6, 6.07) is 6.67. The molecule has 1 N–H and O–H groups in total. The molecule has 22 heavy (non-hydrogen) atoms. The number of carbonyl (C=O) groups excluding carboxylic acids is 1. The first-order valence-corrected chi connectivity index (χ1v) is 7.35. The van der Waals surface area contributed by atoms with E-state index in [1.54, 1.807) is 19.1 Å². The third kappa shape index (κ3) is 3.87. The van der Waals surface area contributed by atoms with E-state index in [2.05, 4.69) is 5.32 Å². The fourth-order valence-electron chi connectivity index (χ4n) is 2.08. The second-order valence-corrected chi connectivity index (χ2v) is 5.81. The van der Waals surface area contributed by atoms with E-state index >= 15 is 0 Å². The van der Waals surface area contributed by atoms with Gasteiger partial charge in [-0.25, -0.2) is 4.79 Å². The van der Waals surface area contributed by atoms with Crippen LogP contribution >= 0.6 is 0 Å². The number of benzene rings is 1. The minimum absolute atomic E-state index is 0.167. The highest BCUT2D eigenvalue weighted by molar-refractivity contribution is 5.82. The second-order valence-electron chi connectivity index (χ2n) is 5.81. The molecule has 118 valence electrons. The highest BCUT2D eigenvalue weighted by Gasteiger charge is 2.15. The Balaban J connectivity index is 2.14. The van der Waals surface area contributed by atoms with E-state index in [-0.39, 0.29) is 5.91 Å². The maximum atomic E-state index is 11.9. The Morgan fingerprint density at radius 2 is 2.00 bits per heavy atom. The Bertz CT molecular complexity index is 733. The number of carbonyl (C=O) groups is 1. The maximum Gasteiger partial charge on any atom is 0.336 e. The van der Waals surface area contributed by atoms with Crippen molar-refractivity contribution in [3.63, 3.8) is 0 Å². The Labute approximate surface area is 129 Å². The van der Waals surface area contributed by atoms with Gasteiger partial charge in [-0.05, 0) is 37.5 Å². The van der Waals surface area contributed by atoms with Crippen molar-refractivity contribution in [3.8, 4) is 5.75 Å². The first kappa shape index (κ1) is 16.1. The third-order valence-corrected chi connectivity index (χ3v) is 3.29. The van der Waals surface area contributed by atoms with Crippen molar-refractivity contribution < 1.29 is 13.9 Å². The Hall–Kier alpha value is -2.30. The molecule has 1 amide bonds. The van der Waals surface area contributed by atoms with E-state index < -0.39 is 11.7 Å². The Morgan fingerprint density at radius 1 is 1.27 bits per heavy atom. The lowest BCUT2D eigenvalue weighted by Crippen LogP contribution is -2.38. The summed E-state index contributed by atoms with van der Waals surface area (Å²) in [6.45, 7) is 8.20. The van der Waals surface area contributed by atoms with Gasteiger partial charge in [-0.3, -0.25) is 4.79 Å². The van der Waals surface area contributed by atoms with E-state index in [1.165, 1.54) is 6.07 Å². The van der Waals surface area contributed by atoms with Gasteiger partial charge >= 0.3 is 5.63 Å². The first-order valence-electron chi connectivity index (χ1n) is 7.35. The fourth-order valence-corrected chi connectivity index (χ4v) is 2.08. The van der Waals surface area contributed by atoms with Crippen LogP contribution in [-0.4, -0.2) is 18.6 Å². The molecule has 0 aliphatic heterocycles. The lowest BCUT2D eigenvalue weighted by atomic mass is 10.1. The van der Waals surface area contributed by atoms with Crippen LogP contribution in [0.1, 0.15) is 26.3 Å². The lowest BCUT2D eigenvalue weighted by molar-refractivity contribution is -0.127. The van der Waals surface area contributed by atoms with Crippen LogP contribution in [0.2, 0.25) is 0 Å². The van der Waals surface area contributed by atoms with Gasteiger partial charge in [0.25, 0.3) is 5.91 Å². The predicted octanol–water partition coefficient (Wildman–Crippen LogP) is 2.64. The molecule has 0 bridgehead atoms. The van der Waals surface area contributed by atoms with Crippen molar-refractivity contribution in [1.82, 2.24) is 5.32 Å². The average molecular weight is 303 g/mol. The molecule has 0 aliphatic carbocycles. The van der Waals surface area contributed by atoms with Gasteiger partial charge in [0.15, 0.2) is 6.10 Å². The zero-order chi connectivity index (χ0) is 16.3. The molecule has 0 radical (unpaired) electrons. The van der Waals surface area contributed by atoms with Gasteiger partial charge < -0.3 is 14.5 Å². The molecule has 0 aliphatic rings. The van der Waals surface area contributed by atoms with Crippen LogP contribution in [0.3, 0.4) is 0 Å². The van der Waals surface area contributed by atoms with Gasteiger partial charge in [0.05, 0.1) is 0 Å². The number of ether oxygens (including phenoxy) is 1. The molecule has 0 fully saturated rings. The van der Waals surface area contributed by atoms with Gasteiger partial charge in [0, 0.05) is 24.1 Å². The van der Waals surface area contributed by atoms with Crippen LogP contribution in [-0.2, 0) is 4.79 Å². The number of fused-ring (bicyclic) bond motifs is 1. The molecule has 2 rings (SSSR count). The number of hydrogen-bond acceptors (Lipinski definition) is 4. The van der Waals surface area contributed by atoms with Gasteiger partial charge in [-0.2, -0.15) is 0 Å². The third-order valence-electron chi connectivity index (χ3n) is 3.29. The number of aryl methyl sites for hydroxylation is 1. The number of hydrogen-bond donors (Lipinski definition) is 1. The van der Waals surface area contributed by atoms with Crippen LogP contribution in [0.15, 0.2) is 33.5 Å². The molecule has 1 aromatic carbocycles. The highest BCUT2D eigenvalue weighted by atomic mass is 16.5. The molecule has 1 aromatic heterocycles. The summed E-state index contributed by atoms with van der Waals surface area (Å²) < 4.78 is 10.8. The molecule has 0 saturated heterocycles. The van der Waals surface area contributed by atoms with Crippen molar-refractivity contribution in [2.45, 2.75) is 33.8 Å². The Morgan fingerprint density at radius 3 is 2.68 bits per heavy atom. The smallest absolute Gasteiger partial charge is 0.336 e. The minimum atomic E-state index is -0.618. The molecule has 0 saturated carbocycles. The summed E-state index contributed by atoms with van der Waals surface area (Å²) in [7, 11) is 0. The average Bonchev–Trinajstić information content (AvgIpc) is 2.43. The van der Waals surface area contributed by atoms with E-state index in [0.717, 1.165) is 10.9 Å². The monoisotopic (exact) mass is 303 g/mol. The van der Waals surface area contributed by atoms with Crippen molar-refractivity contribution in [3.05, 3.63) is 40.2 Å². The summed E-state index contributed by atoms with van der Waals surface area (Å²) >= 11 is 0. The van der Waals surface area contributed by atoms with Crippen molar-refractivity contribution in [2.75, 3.05) is 6.54 Å². The molecule has 5 nitrogen and oxygen atoms in total. The molecule has 0 spiro atoms. The summed E-state index contributed by atoms with van der Waals surface area (Å²) in [5, 5.41) is 3.67. The number of nitrogens with one attached hydrogen (secondary N) is 1. The second kappa shape index (κ2) is 6.64. The van der Waals surface area contributed by atoms with Crippen LogP contribution in [0.25, 0.3) is 11.0 Å². The fraction of sp³-hybridized carbons (Fsp3) is 0.412. The van der Waals surface area contributed by atoms with Gasteiger partial charge in [0.1, 0.15) is 11.3 Å². The summed E-state index contributed by atoms with van der Waals surface area (Å²) in [5.41, 5.74) is 0.905. The summed E-state index contributed by atoms with van der Waals surface area (Å²) in [6.07, 6.45) is -0.618. The standard InChI is InChI=1S/C17H21NO4/c1-10(2)9-18-17(20)12(4)21-13-5-6-14-11(3)7-16(19)22-15(14)8-13/h5-8,10,12H,9H2,1-4H3,(H,18,20).